The number of aromatic nitrogens is 5. The Balaban J connectivity index is 2.08. The zero-order valence-corrected chi connectivity index (χ0v) is 19.1. The van der Waals surface area contributed by atoms with Crippen molar-refractivity contribution in [1.29, 1.82) is 0 Å². The van der Waals surface area contributed by atoms with Crippen LogP contribution in [0.4, 0.5) is 18.9 Å². The maximum Gasteiger partial charge on any atom is 0.416 e. The van der Waals surface area contributed by atoms with Crippen molar-refractivity contribution in [2.45, 2.75) is 18.0 Å². The van der Waals surface area contributed by atoms with Crippen molar-refractivity contribution in [2.75, 3.05) is 31.9 Å². The van der Waals surface area contributed by atoms with Gasteiger partial charge in [-0.25, -0.2) is 13.4 Å². The van der Waals surface area contributed by atoms with Crippen molar-refractivity contribution in [2.24, 2.45) is 7.05 Å². The van der Waals surface area contributed by atoms with Crippen LogP contribution in [-0.2, 0) is 27.9 Å². The van der Waals surface area contributed by atoms with Crippen LogP contribution in [0.15, 0.2) is 35.5 Å². The van der Waals surface area contributed by atoms with E-state index in [1.54, 1.807) is 7.05 Å². The van der Waals surface area contributed by atoms with Crippen LogP contribution in [0, 0.1) is 0 Å². The highest BCUT2D eigenvalue weighted by Gasteiger charge is 2.31. The van der Waals surface area contributed by atoms with Crippen molar-refractivity contribution in [3.8, 4) is 23.0 Å². The fraction of sp³-hybridized carbons (Fsp3) is 0.368. The third kappa shape index (κ3) is 5.29. The quantitative estimate of drug-likeness (QED) is 0.380. The molecule has 0 aliphatic carbocycles. The lowest BCUT2D eigenvalue weighted by Crippen LogP contribution is -2.24. The molecule has 0 bridgehead atoms. The summed E-state index contributed by atoms with van der Waals surface area (Å²) in [7, 11) is 0.931. The predicted octanol–water partition coefficient (Wildman–Crippen LogP) is 2.61. The van der Waals surface area contributed by atoms with Gasteiger partial charge in [-0.2, -0.15) is 18.2 Å². The third-order valence-electron chi connectivity index (χ3n) is 4.79. The smallest absolute Gasteiger partial charge is 0.369 e. The first kappa shape index (κ1) is 24.5. The summed E-state index contributed by atoms with van der Waals surface area (Å²) in [6.07, 6.45) is -2.11. The van der Waals surface area contributed by atoms with Gasteiger partial charge < -0.3 is 14.7 Å². The van der Waals surface area contributed by atoms with Gasteiger partial charge in [0.25, 0.3) is 0 Å². The number of rotatable bonds is 8. The molecule has 0 aliphatic rings. The molecule has 33 heavy (non-hydrogen) atoms. The number of sulfone groups is 1. The van der Waals surface area contributed by atoms with Crippen LogP contribution in [0.25, 0.3) is 23.0 Å². The molecule has 3 aromatic heterocycles. The van der Waals surface area contributed by atoms with E-state index >= 15 is 0 Å². The molecule has 0 atom stereocenters. The third-order valence-corrected chi connectivity index (χ3v) is 6.53. The van der Waals surface area contributed by atoms with Gasteiger partial charge >= 0.3 is 6.18 Å². The molecular formula is C19H22F3N7O3S. The first-order valence-corrected chi connectivity index (χ1v) is 11.3. The summed E-state index contributed by atoms with van der Waals surface area (Å²) in [6.45, 7) is 1.75. The first-order chi connectivity index (χ1) is 15.5. The van der Waals surface area contributed by atoms with Crippen LogP contribution in [0.1, 0.15) is 12.5 Å². The summed E-state index contributed by atoms with van der Waals surface area (Å²) in [5, 5.41) is 12.4. The molecule has 3 heterocycles. The number of anilines is 1. The second-order valence-corrected chi connectivity index (χ2v) is 9.20. The van der Waals surface area contributed by atoms with Crippen LogP contribution in [0.2, 0.25) is 0 Å². The van der Waals surface area contributed by atoms with Crippen LogP contribution in [0.5, 0.6) is 0 Å². The van der Waals surface area contributed by atoms with Gasteiger partial charge in [-0.05, 0) is 18.2 Å². The van der Waals surface area contributed by atoms with Gasteiger partial charge in [-0.15, -0.1) is 10.2 Å². The van der Waals surface area contributed by atoms with E-state index in [2.05, 4.69) is 25.5 Å². The highest BCUT2D eigenvalue weighted by molar-refractivity contribution is 7.91. The summed E-state index contributed by atoms with van der Waals surface area (Å²) < 4.78 is 66.2. The Hall–Kier alpha value is -3.10. The van der Waals surface area contributed by atoms with E-state index in [-0.39, 0.29) is 40.4 Å². The highest BCUT2D eigenvalue weighted by Crippen LogP contribution is 2.32. The number of alkyl halides is 3. The summed E-state index contributed by atoms with van der Waals surface area (Å²) in [5.74, 6) is -0.0957. The lowest BCUT2D eigenvalue weighted by atomic mass is 10.2. The molecule has 0 radical (unpaired) electrons. The summed E-state index contributed by atoms with van der Waals surface area (Å²) in [5.41, 5.74) is -0.500. The minimum atomic E-state index is -4.55. The average Bonchev–Trinajstić information content (AvgIpc) is 3.17. The van der Waals surface area contributed by atoms with E-state index in [0.717, 1.165) is 18.3 Å². The van der Waals surface area contributed by atoms with Gasteiger partial charge in [0.2, 0.25) is 0 Å². The zero-order valence-electron chi connectivity index (χ0n) is 18.3. The zero-order chi connectivity index (χ0) is 24.4. The molecule has 14 heteroatoms. The Labute approximate surface area is 188 Å². The van der Waals surface area contributed by atoms with Gasteiger partial charge in [0.1, 0.15) is 11.4 Å². The summed E-state index contributed by atoms with van der Waals surface area (Å²) >= 11 is 0. The Kier molecular flexibility index (Phi) is 7.00. The van der Waals surface area contributed by atoms with Gasteiger partial charge in [0.05, 0.1) is 41.9 Å². The molecule has 0 spiro atoms. The van der Waals surface area contributed by atoms with Gasteiger partial charge in [-0.1, -0.05) is 6.92 Å². The minimum absolute atomic E-state index is 0.0238. The van der Waals surface area contributed by atoms with Crippen LogP contribution in [0.3, 0.4) is 0 Å². The number of halogens is 3. The van der Waals surface area contributed by atoms with Gasteiger partial charge in [0.15, 0.2) is 21.5 Å². The Morgan fingerprint density at radius 2 is 1.88 bits per heavy atom. The van der Waals surface area contributed by atoms with Crippen molar-refractivity contribution >= 4 is 15.5 Å². The van der Waals surface area contributed by atoms with Crippen LogP contribution >= 0.6 is 0 Å². The normalized spacial score (nSPS) is 12.4. The molecule has 0 saturated heterocycles. The molecule has 0 amide bonds. The highest BCUT2D eigenvalue weighted by atomic mass is 32.2. The lowest BCUT2D eigenvalue weighted by Gasteiger charge is -2.16. The fourth-order valence-electron chi connectivity index (χ4n) is 2.86. The molecule has 3 rings (SSSR count). The number of pyridine rings is 2. The first-order valence-electron chi connectivity index (χ1n) is 9.63. The number of hydrogen-bond donors (Lipinski definition) is 1. The number of nitrogens with zero attached hydrogens (tertiary/aromatic N) is 6. The van der Waals surface area contributed by atoms with E-state index in [1.165, 1.54) is 43.0 Å². The Morgan fingerprint density at radius 3 is 2.52 bits per heavy atom. The average molecular weight is 485 g/mol. The second kappa shape index (κ2) is 9.41. The van der Waals surface area contributed by atoms with Crippen molar-refractivity contribution in [3.05, 3.63) is 36.2 Å². The molecule has 0 aliphatic heterocycles. The maximum atomic E-state index is 13.1. The van der Waals surface area contributed by atoms with E-state index < -0.39 is 21.6 Å². The predicted molar refractivity (Wildman–Crippen MR) is 113 cm³/mol. The van der Waals surface area contributed by atoms with Crippen LogP contribution in [-0.4, -0.2) is 64.8 Å². The van der Waals surface area contributed by atoms with Gasteiger partial charge in [-0.3, -0.25) is 4.98 Å². The van der Waals surface area contributed by atoms with Crippen LogP contribution < -0.4 is 5.32 Å². The molecule has 178 valence electrons. The van der Waals surface area contributed by atoms with E-state index in [4.69, 9.17) is 4.84 Å². The maximum absolute atomic E-state index is 13.1. The van der Waals surface area contributed by atoms with Crippen molar-refractivity contribution in [3.63, 3.8) is 0 Å². The number of hydrogen-bond acceptors (Lipinski definition) is 9. The largest absolute Gasteiger partial charge is 0.416 e. The SMILES string of the molecule is CCS(=O)(=O)c1cc(NCN(C)OC)cnc1-c1nnc(-c2cc(C(F)(F)F)ccn2)n1C. The van der Waals surface area contributed by atoms with E-state index in [9.17, 15) is 21.6 Å². The molecule has 3 aromatic rings. The topological polar surface area (TPSA) is 115 Å². The molecular weight excluding hydrogens is 463 g/mol. The van der Waals surface area contributed by atoms with E-state index in [0.29, 0.717) is 5.69 Å². The molecule has 0 aromatic carbocycles. The molecule has 0 fully saturated rings. The fourth-order valence-corrected chi connectivity index (χ4v) is 3.91. The Morgan fingerprint density at radius 1 is 1.18 bits per heavy atom. The van der Waals surface area contributed by atoms with E-state index in [1.807, 2.05) is 0 Å². The van der Waals surface area contributed by atoms with Crippen molar-refractivity contribution < 1.29 is 26.4 Å². The summed E-state index contributed by atoms with van der Waals surface area (Å²) in [6, 6.07) is 3.12. The molecule has 1 N–H and O–H groups in total. The number of nitrogens with one attached hydrogen (secondary N) is 1. The number of hydroxylamine groups is 2. The van der Waals surface area contributed by atoms with Gasteiger partial charge in [0, 0.05) is 20.3 Å². The standard InChI is InChI=1S/C19H22F3N7O3S/c1-5-33(30,31)15-9-13(25-11-28(2)32-4)10-24-16(15)18-27-26-17(29(18)3)14-8-12(6-7-23-14)19(20,21)22/h6-10,25H,5,11H2,1-4H3. The summed E-state index contributed by atoms with van der Waals surface area (Å²) in [4.78, 5) is 13.1. The second-order valence-electron chi connectivity index (χ2n) is 6.95. The van der Waals surface area contributed by atoms with Crippen molar-refractivity contribution in [1.82, 2.24) is 29.8 Å². The molecule has 10 nitrogen and oxygen atoms in total. The molecule has 0 saturated carbocycles. The molecule has 0 unspecified atom stereocenters. The Bertz CT molecular complexity index is 1250. The minimum Gasteiger partial charge on any atom is -0.369 e. The monoisotopic (exact) mass is 485 g/mol. The lowest BCUT2D eigenvalue weighted by molar-refractivity contribution is -0.137.